The molecule has 0 saturated carbocycles. The predicted octanol–water partition coefficient (Wildman–Crippen LogP) is -0.342. The molecule has 0 spiro atoms. The highest BCUT2D eigenvalue weighted by molar-refractivity contribution is 5.75. The summed E-state index contributed by atoms with van der Waals surface area (Å²) in [5.74, 6) is -0.0555. The molecular weight excluding hydrogens is 236 g/mol. The number of carbonyl (C=O) groups excluding carboxylic acids is 1. The quantitative estimate of drug-likeness (QED) is 0.651. The maximum atomic E-state index is 10.9. The minimum Gasteiger partial charge on any atom is -0.394 e. The normalized spacial score (nSPS) is 11.6. The van der Waals surface area contributed by atoms with E-state index in [1.807, 2.05) is 13.8 Å². The summed E-state index contributed by atoms with van der Waals surface area (Å²) in [6.45, 7) is 4.34. The molecule has 2 N–H and O–H groups in total. The summed E-state index contributed by atoms with van der Waals surface area (Å²) < 4.78 is 6.91. The number of hydrogen-bond donors (Lipinski definition) is 2. The molecule has 1 aromatic heterocycles. The molecule has 0 atom stereocenters. The van der Waals surface area contributed by atoms with E-state index in [0.717, 1.165) is 0 Å². The van der Waals surface area contributed by atoms with Gasteiger partial charge < -0.3 is 15.2 Å². The first-order valence-electron chi connectivity index (χ1n) is 5.80. The van der Waals surface area contributed by atoms with E-state index in [1.54, 1.807) is 17.9 Å². The fraction of sp³-hybridized carbons (Fsp3) is 0.727. The smallest absolute Gasteiger partial charge is 0.222 e. The Morgan fingerprint density at radius 3 is 2.94 bits per heavy atom. The molecule has 0 aliphatic rings. The molecule has 7 heteroatoms. The average Bonchev–Trinajstić information content (AvgIpc) is 2.83. The zero-order valence-electron chi connectivity index (χ0n) is 11.0. The van der Waals surface area contributed by atoms with Crippen LogP contribution in [0.2, 0.25) is 0 Å². The Hall–Kier alpha value is -1.47. The minimum atomic E-state index is -0.479. The molecule has 0 aliphatic heterocycles. The molecule has 0 unspecified atom stereocenters. The van der Waals surface area contributed by atoms with Gasteiger partial charge in [-0.15, -0.1) is 5.10 Å². The van der Waals surface area contributed by atoms with Crippen LogP contribution in [0.4, 0.5) is 0 Å². The van der Waals surface area contributed by atoms with E-state index in [9.17, 15) is 9.90 Å². The molecule has 1 heterocycles. The van der Waals surface area contributed by atoms with E-state index in [1.165, 1.54) is 0 Å². The van der Waals surface area contributed by atoms with Gasteiger partial charge in [0.2, 0.25) is 5.91 Å². The Bertz CT molecular complexity index is 389. The minimum absolute atomic E-state index is 0.0205. The van der Waals surface area contributed by atoms with Crippen molar-refractivity contribution in [3.63, 3.8) is 0 Å². The number of rotatable bonds is 7. The van der Waals surface area contributed by atoms with E-state index < -0.39 is 5.54 Å². The Morgan fingerprint density at radius 2 is 2.33 bits per heavy atom. The van der Waals surface area contributed by atoms with Gasteiger partial charge in [-0.1, -0.05) is 5.21 Å². The monoisotopic (exact) mass is 256 g/mol. The van der Waals surface area contributed by atoms with Gasteiger partial charge in [0.1, 0.15) is 5.69 Å². The molecule has 18 heavy (non-hydrogen) atoms. The second-order valence-corrected chi connectivity index (χ2v) is 4.60. The lowest BCUT2D eigenvalue weighted by Gasteiger charge is -2.20. The number of aliphatic hydroxyl groups is 1. The van der Waals surface area contributed by atoms with Gasteiger partial charge in [-0.3, -0.25) is 4.79 Å². The zero-order chi connectivity index (χ0) is 13.6. The lowest BCUT2D eigenvalue weighted by molar-refractivity contribution is -0.121. The van der Waals surface area contributed by atoms with Crippen molar-refractivity contribution in [2.24, 2.45) is 0 Å². The molecule has 1 aromatic rings. The average molecular weight is 256 g/mol. The zero-order valence-corrected chi connectivity index (χ0v) is 11.0. The Kier molecular flexibility index (Phi) is 5.24. The Balaban J connectivity index is 2.38. The van der Waals surface area contributed by atoms with Gasteiger partial charge in [0.15, 0.2) is 0 Å². The standard InChI is InChI=1S/C11H20N4O3/c1-11(2,8-16)15-6-9(13-14-15)7-18-5-4-10(17)12-3/h6,16H,4-5,7-8H2,1-3H3,(H,12,17). The number of nitrogens with one attached hydrogen (secondary N) is 1. The number of ether oxygens (including phenoxy) is 1. The summed E-state index contributed by atoms with van der Waals surface area (Å²) >= 11 is 0. The molecule has 0 saturated heterocycles. The third-order valence-electron chi connectivity index (χ3n) is 2.55. The number of amides is 1. The molecule has 0 radical (unpaired) electrons. The van der Waals surface area contributed by atoms with Gasteiger partial charge in [0.25, 0.3) is 0 Å². The van der Waals surface area contributed by atoms with E-state index in [4.69, 9.17) is 4.74 Å². The largest absolute Gasteiger partial charge is 0.394 e. The third-order valence-corrected chi connectivity index (χ3v) is 2.55. The van der Waals surface area contributed by atoms with Crippen molar-refractivity contribution >= 4 is 5.91 Å². The fourth-order valence-corrected chi connectivity index (χ4v) is 1.20. The third kappa shape index (κ3) is 4.08. The summed E-state index contributed by atoms with van der Waals surface area (Å²) in [4.78, 5) is 10.9. The number of aromatic nitrogens is 3. The van der Waals surface area contributed by atoms with Crippen LogP contribution in [-0.2, 0) is 21.7 Å². The Labute approximate surface area is 106 Å². The fourth-order valence-electron chi connectivity index (χ4n) is 1.20. The number of nitrogens with zero attached hydrogens (tertiary/aromatic N) is 3. The first-order chi connectivity index (χ1) is 8.49. The maximum absolute atomic E-state index is 10.9. The van der Waals surface area contributed by atoms with Crippen molar-refractivity contribution in [3.8, 4) is 0 Å². The lowest BCUT2D eigenvalue weighted by atomic mass is 10.1. The van der Waals surface area contributed by atoms with Gasteiger partial charge in [-0.2, -0.15) is 0 Å². The lowest BCUT2D eigenvalue weighted by Crippen LogP contribution is -2.30. The van der Waals surface area contributed by atoms with Gasteiger partial charge in [-0.25, -0.2) is 4.68 Å². The summed E-state index contributed by atoms with van der Waals surface area (Å²) in [6, 6.07) is 0. The first kappa shape index (κ1) is 14.6. The van der Waals surface area contributed by atoms with E-state index in [-0.39, 0.29) is 12.5 Å². The highest BCUT2D eigenvalue weighted by Gasteiger charge is 2.20. The van der Waals surface area contributed by atoms with Gasteiger partial charge >= 0.3 is 0 Å². The second kappa shape index (κ2) is 6.46. The van der Waals surface area contributed by atoms with E-state index >= 15 is 0 Å². The van der Waals surface area contributed by atoms with E-state index in [0.29, 0.717) is 25.3 Å². The second-order valence-electron chi connectivity index (χ2n) is 4.60. The van der Waals surface area contributed by atoms with Gasteiger partial charge in [0.05, 0.1) is 31.6 Å². The number of aliphatic hydroxyl groups excluding tert-OH is 1. The maximum Gasteiger partial charge on any atom is 0.222 e. The van der Waals surface area contributed by atoms with Crippen molar-refractivity contribution in [1.82, 2.24) is 20.3 Å². The van der Waals surface area contributed by atoms with Crippen molar-refractivity contribution in [2.75, 3.05) is 20.3 Å². The molecule has 0 aromatic carbocycles. The van der Waals surface area contributed by atoms with Crippen molar-refractivity contribution in [1.29, 1.82) is 0 Å². The van der Waals surface area contributed by atoms with Crippen molar-refractivity contribution in [2.45, 2.75) is 32.4 Å². The molecule has 0 aliphatic carbocycles. The molecule has 7 nitrogen and oxygen atoms in total. The van der Waals surface area contributed by atoms with Crippen LogP contribution in [0.15, 0.2) is 6.20 Å². The number of carbonyl (C=O) groups is 1. The topological polar surface area (TPSA) is 89.3 Å². The summed E-state index contributed by atoms with van der Waals surface area (Å²) in [5, 5.41) is 19.6. The molecular formula is C11H20N4O3. The highest BCUT2D eigenvalue weighted by atomic mass is 16.5. The van der Waals surface area contributed by atoms with Crippen LogP contribution < -0.4 is 5.32 Å². The van der Waals surface area contributed by atoms with Crippen LogP contribution in [0, 0.1) is 0 Å². The van der Waals surface area contributed by atoms with Crippen LogP contribution in [0.5, 0.6) is 0 Å². The summed E-state index contributed by atoms with van der Waals surface area (Å²) in [5.41, 5.74) is 0.196. The highest BCUT2D eigenvalue weighted by Crippen LogP contribution is 2.12. The van der Waals surface area contributed by atoms with Crippen LogP contribution >= 0.6 is 0 Å². The molecule has 1 rings (SSSR count). The predicted molar refractivity (Wildman–Crippen MR) is 64.8 cm³/mol. The molecule has 102 valence electrons. The first-order valence-corrected chi connectivity index (χ1v) is 5.80. The van der Waals surface area contributed by atoms with E-state index in [2.05, 4.69) is 15.6 Å². The Morgan fingerprint density at radius 1 is 1.61 bits per heavy atom. The van der Waals surface area contributed by atoms with Gasteiger partial charge in [-0.05, 0) is 13.8 Å². The molecule has 0 bridgehead atoms. The number of hydrogen-bond acceptors (Lipinski definition) is 5. The van der Waals surface area contributed by atoms with Crippen molar-refractivity contribution < 1.29 is 14.6 Å². The molecule has 1 amide bonds. The van der Waals surface area contributed by atoms with Gasteiger partial charge in [0, 0.05) is 13.5 Å². The SMILES string of the molecule is CNC(=O)CCOCc1cn(C(C)(C)CO)nn1. The van der Waals surface area contributed by atoms with Crippen LogP contribution in [0.1, 0.15) is 26.0 Å². The van der Waals surface area contributed by atoms with Crippen LogP contribution in [-0.4, -0.2) is 46.3 Å². The van der Waals surface area contributed by atoms with Crippen LogP contribution in [0.3, 0.4) is 0 Å². The summed E-state index contributed by atoms with van der Waals surface area (Å²) in [7, 11) is 1.59. The molecule has 0 fully saturated rings. The van der Waals surface area contributed by atoms with Crippen LogP contribution in [0.25, 0.3) is 0 Å². The summed E-state index contributed by atoms with van der Waals surface area (Å²) in [6.07, 6.45) is 2.06. The van der Waals surface area contributed by atoms with Crippen molar-refractivity contribution in [3.05, 3.63) is 11.9 Å².